The first kappa shape index (κ1) is 46.7. The summed E-state index contributed by atoms with van der Waals surface area (Å²) in [5.41, 5.74) is 6.00. The van der Waals surface area contributed by atoms with E-state index < -0.39 is 21.3 Å². The van der Waals surface area contributed by atoms with Crippen LogP contribution in [0, 0.1) is 43.8 Å². The number of benzene rings is 4. The summed E-state index contributed by atoms with van der Waals surface area (Å²) < 4.78 is 3.94. The van der Waals surface area contributed by atoms with Gasteiger partial charge in [0.2, 0.25) is 0 Å². The standard InChI is InChI=1S/C29H37.C27H22.C5H5.2ClH.Zr/c1-21-14-13-15-22-20-27(6)25(4)18-10-9-16-23(25,2)24(3)17-11-12-19-26(24,5)29(27,8)28(21,22)7;1-5-13-22(14-6-1)26(23-15-7-2-8-16-23)21-27(24-17-9-3-10-18-24)25-19-11-4-12-20-25;1-2-4-5-3-1;;;/h9-20,22H,1-8H3;1-20,26-27H;1-3H,4H2;2*1H;/q;;;;;+2/p-2. The van der Waals surface area contributed by atoms with Crippen LogP contribution in [0.2, 0.25) is 3.63 Å². The molecule has 64 heavy (non-hydrogen) atoms. The van der Waals surface area contributed by atoms with Gasteiger partial charge >= 0.3 is 383 Å². The van der Waals surface area contributed by atoms with Crippen molar-refractivity contribution < 1.29 is 46.1 Å². The molecule has 0 bridgehead atoms. The second kappa shape index (κ2) is 16.8. The van der Waals surface area contributed by atoms with Crippen molar-refractivity contribution in [3.05, 3.63) is 237 Å². The van der Waals surface area contributed by atoms with Crippen molar-refractivity contribution in [2.24, 2.45) is 43.8 Å². The zero-order valence-electron chi connectivity index (χ0n) is 38.9. The first-order valence-corrected chi connectivity index (χ1v) is 27.1. The summed E-state index contributed by atoms with van der Waals surface area (Å²) in [6.07, 6.45) is 36.5. The summed E-state index contributed by atoms with van der Waals surface area (Å²) in [7, 11) is 0. The van der Waals surface area contributed by atoms with Crippen LogP contribution in [-0.4, -0.2) is 3.21 Å². The van der Waals surface area contributed by atoms with Crippen LogP contribution >= 0.6 is 0 Å². The Morgan fingerprint density at radius 3 is 1.33 bits per heavy atom. The van der Waals surface area contributed by atoms with E-state index in [0.29, 0.717) is 9.54 Å². The van der Waals surface area contributed by atoms with Crippen molar-refractivity contribution in [2.45, 2.75) is 77.3 Å². The molecule has 0 nitrogen and oxygen atoms in total. The number of hydrogen-bond donors (Lipinski definition) is 0. The molecule has 9 unspecified atom stereocenters. The molecule has 0 aliphatic heterocycles. The van der Waals surface area contributed by atoms with E-state index in [2.05, 4.69) is 262 Å². The maximum Gasteiger partial charge on any atom is -1.00 e. The van der Waals surface area contributed by atoms with Crippen LogP contribution in [-0.2, 0) is 21.3 Å². The van der Waals surface area contributed by atoms with Gasteiger partial charge in [-0.15, -0.1) is 0 Å². The summed E-state index contributed by atoms with van der Waals surface area (Å²) in [5.74, 6) is 0.548. The Bertz CT molecular complexity index is 2520. The van der Waals surface area contributed by atoms with Gasteiger partial charge in [-0.3, -0.25) is 0 Å². The maximum atomic E-state index is 2.85. The van der Waals surface area contributed by atoms with Gasteiger partial charge in [0.05, 0.1) is 0 Å². The molecule has 326 valence electrons. The van der Waals surface area contributed by atoms with Crippen molar-refractivity contribution >= 4 is 3.21 Å². The number of halogens is 2. The summed E-state index contributed by atoms with van der Waals surface area (Å²) in [6.45, 7) is 21.6. The van der Waals surface area contributed by atoms with Crippen LogP contribution in [0.25, 0.3) is 0 Å². The minimum Gasteiger partial charge on any atom is -1.00 e. The van der Waals surface area contributed by atoms with Gasteiger partial charge in [-0.25, -0.2) is 0 Å². The Morgan fingerprint density at radius 2 is 0.906 bits per heavy atom. The van der Waals surface area contributed by atoms with E-state index in [-0.39, 0.29) is 74.6 Å². The number of hydrogen-bond acceptors (Lipinski definition) is 0. The molecule has 3 heteroatoms. The minimum absolute atomic E-state index is 0. The molecule has 10 rings (SSSR count). The van der Waals surface area contributed by atoms with Crippen molar-refractivity contribution in [1.82, 2.24) is 0 Å². The molecule has 0 N–H and O–H groups in total. The van der Waals surface area contributed by atoms with Gasteiger partial charge in [-0.05, 0) is 0 Å². The zero-order chi connectivity index (χ0) is 43.2. The van der Waals surface area contributed by atoms with Crippen LogP contribution in [0.1, 0.15) is 95.9 Å². The molecule has 0 spiro atoms. The van der Waals surface area contributed by atoms with Gasteiger partial charge in [-0.1, -0.05) is 0 Å². The summed E-state index contributed by atoms with van der Waals surface area (Å²) >= 11 is -3.33. The fourth-order valence-corrected chi connectivity index (χ4v) is 27.9. The van der Waals surface area contributed by atoms with E-state index >= 15 is 0 Å². The molecule has 0 amide bonds. The molecule has 0 saturated heterocycles. The average Bonchev–Trinajstić information content (AvgIpc) is 3.89. The maximum absolute atomic E-state index is 3.33. The van der Waals surface area contributed by atoms with Crippen LogP contribution in [0.15, 0.2) is 215 Å². The van der Waals surface area contributed by atoms with E-state index in [0.717, 1.165) is 6.42 Å². The van der Waals surface area contributed by atoms with E-state index in [1.165, 1.54) is 22.3 Å². The SMILES string of the molecule is CC1=CC=CC2[CH]([Zr+2]([C]3=CC=CC3)=[C](C(c3ccccc3)c3ccccc3)C(c3ccccc3)c3ccccc3)C3(C)C4(C)C=CC=CC4(C)C4(C)C=CC=CC4(C)C3(C)C12C.[Cl-].[Cl-]. The molecular weight excluding hydrogens is 895 g/mol. The van der Waals surface area contributed by atoms with Crippen LogP contribution in [0.4, 0.5) is 0 Å². The van der Waals surface area contributed by atoms with Gasteiger partial charge in [-0.2, -0.15) is 0 Å². The second-order valence-electron chi connectivity index (χ2n) is 20.7. The fraction of sp³-hybridized carbons (Fsp3) is 0.328. The summed E-state index contributed by atoms with van der Waals surface area (Å²) in [6, 6.07) is 46.5. The van der Waals surface area contributed by atoms with Gasteiger partial charge < -0.3 is 24.8 Å². The molecule has 4 aromatic carbocycles. The van der Waals surface area contributed by atoms with Crippen molar-refractivity contribution in [2.75, 3.05) is 0 Å². The minimum atomic E-state index is -3.33. The molecule has 4 aromatic rings. The monoisotopic (exact) mass is 956 g/mol. The molecule has 9 atom stereocenters. The van der Waals surface area contributed by atoms with Gasteiger partial charge in [0.15, 0.2) is 0 Å². The molecule has 2 fully saturated rings. The van der Waals surface area contributed by atoms with E-state index in [1.54, 1.807) is 12.1 Å². The molecule has 6 aliphatic carbocycles. The van der Waals surface area contributed by atoms with Crippen molar-refractivity contribution in [3.8, 4) is 0 Å². The Hall–Kier alpha value is -3.87. The largest absolute Gasteiger partial charge is 1.00 e. The number of fused-ring (bicyclic) bond motifs is 8. The molecule has 6 aliphatic rings. The summed E-state index contributed by atoms with van der Waals surface area (Å²) in [5, 5.41) is 0. The number of allylic oxidation sites excluding steroid dienone is 16. The van der Waals surface area contributed by atoms with Gasteiger partial charge in [0, 0.05) is 0 Å². The average molecular weight is 959 g/mol. The van der Waals surface area contributed by atoms with Crippen LogP contribution in [0.3, 0.4) is 0 Å². The van der Waals surface area contributed by atoms with E-state index in [1.807, 2.05) is 0 Å². The number of rotatable bonds is 8. The van der Waals surface area contributed by atoms with Gasteiger partial charge in [0.25, 0.3) is 0 Å². The van der Waals surface area contributed by atoms with Gasteiger partial charge in [0.1, 0.15) is 0 Å². The first-order chi connectivity index (χ1) is 29.8. The van der Waals surface area contributed by atoms with E-state index in [9.17, 15) is 0 Å². The molecule has 0 radical (unpaired) electrons. The zero-order valence-corrected chi connectivity index (χ0v) is 42.9. The third-order valence-corrected chi connectivity index (χ3v) is 28.8. The Labute approximate surface area is 404 Å². The van der Waals surface area contributed by atoms with Crippen LogP contribution in [0.5, 0.6) is 0 Å². The third-order valence-electron chi connectivity index (χ3n) is 19.4. The second-order valence-corrected chi connectivity index (χ2v) is 27.3. The van der Waals surface area contributed by atoms with Crippen molar-refractivity contribution in [1.29, 1.82) is 0 Å². The predicted octanol–water partition coefficient (Wildman–Crippen LogP) is 9.54. The van der Waals surface area contributed by atoms with Crippen LogP contribution < -0.4 is 24.8 Å². The van der Waals surface area contributed by atoms with Crippen molar-refractivity contribution in [3.63, 3.8) is 0 Å². The Morgan fingerprint density at radius 1 is 0.500 bits per heavy atom. The first-order valence-electron chi connectivity index (χ1n) is 23.2. The third kappa shape index (κ3) is 5.85. The molecular formula is C61H64Cl2Zr. The summed E-state index contributed by atoms with van der Waals surface area (Å²) in [4.78, 5) is 0. The predicted molar refractivity (Wildman–Crippen MR) is 260 cm³/mol. The molecule has 0 aromatic heterocycles. The Balaban J connectivity index is 0.00000280. The Kier molecular flexibility index (Phi) is 12.2. The quantitative estimate of drug-likeness (QED) is 0.165. The van der Waals surface area contributed by atoms with E-state index in [4.69, 9.17) is 0 Å². The normalized spacial score (nSPS) is 34.6. The topological polar surface area (TPSA) is 0 Å². The molecule has 0 heterocycles. The smallest absolute Gasteiger partial charge is 1.00 e. The molecule has 2 saturated carbocycles. The fourth-order valence-electron chi connectivity index (χ4n) is 15.6.